The second-order valence-corrected chi connectivity index (χ2v) is 9.85. The first-order valence-corrected chi connectivity index (χ1v) is 12.6. The monoisotopic (exact) mass is 491 g/mol. The predicted octanol–water partition coefficient (Wildman–Crippen LogP) is 4.04. The van der Waals surface area contributed by atoms with E-state index in [4.69, 9.17) is 9.72 Å². The molecule has 6 rings (SSSR count). The maximum absolute atomic E-state index is 13.8. The number of aromatic nitrogens is 4. The van der Waals surface area contributed by atoms with Gasteiger partial charge in [-0.1, -0.05) is 0 Å². The molecule has 1 aliphatic heterocycles. The molecule has 188 valence electrons. The minimum absolute atomic E-state index is 0.0245. The second kappa shape index (κ2) is 8.89. The Hall–Kier alpha value is -3.46. The lowest BCUT2D eigenvalue weighted by Crippen LogP contribution is -2.47. The maximum Gasteiger partial charge on any atom is 0.254 e. The molecule has 9 heteroatoms. The summed E-state index contributed by atoms with van der Waals surface area (Å²) in [5.41, 5.74) is 3.84. The highest BCUT2D eigenvalue weighted by molar-refractivity contribution is 6.00. The van der Waals surface area contributed by atoms with Crippen molar-refractivity contribution in [2.24, 2.45) is 5.92 Å². The zero-order valence-electron chi connectivity index (χ0n) is 20.5. The predicted molar refractivity (Wildman–Crippen MR) is 135 cm³/mol. The van der Waals surface area contributed by atoms with Crippen molar-refractivity contribution in [2.75, 3.05) is 20.2 Å². The third-order valence-electron chi connectivity index (χ3n) is 7.40. The average Bonchev–Trinajstić information content (AvgIpc) is 3.53. The van der Waals surface area contributed by atoms with Crippen LogP contribution >= 0.6 is 0 Å². The Morgan fingerprint density at radius 1 is 1.22 bits per heavy atom. The van der Waals surface area contributed by atoms with E-state index in [9.17, 15) is 14.3 Å². The number of aliphatic hydroxyl groups excluding tert-OH is 1. The molecule has 1 saturated heterocycles. The first kappa shape index (κ1) is 23.0. The molecule has 3 aromatic heterocycles. The number of imidazole rings is 1. The molecular weight excluding hydrogens is 461 g/mol. The van der Waals surface area contributed by atoms with Crippen molar-refractivity contribution < 1.29 is 19.0 Å². The summed E-state index contributed by atoms with van der Waals surface area (Å²) in [4.78, 5) is 24.5. The van der Waals surface area contributed by atoms with Gasteiger partial charge in [-0.2, -0.15) is 0 Å². The molecule has 2 aliphatic rings. The van der Waals surface area contributed by atoms with E-state index in [1.54, 1.807) is 19.2 Å². The number of hydrogen-bond donors (Lipinski definition) is 1. The molecule has 1 saturated carbocycles. The molecule has 0 bridgehead atoms. The zero-order valence-corrected chi connectivity index (χ0v) is 20.5. The lowest BCUT2D eigenvalue weighted by molar-refractivity contribution is 0.00580. The molecule has 1 N–H and O–H groups in total. The van der Waals surface area contributed by atoms with Crippen LogP contribution < -0.4 is 4.74 Å². The van der Waals surface area contributed by atoms with Crippen molar-refractivity contribution in [3.8, 4) is 17.3 Å². The van der Waals surface area contributed by atoms with Crippen molar-refractivity contribution in [3.63, 3.8) is 0 Å². The van der Waals surface area contributed by atoms with Crippen molar-refractivity contribution in [2.45, 2.75) is 51.6 Å². The van der Waals surface area contributed by atoms with Crippen LogP contribution in [0.1, 0.15) is 36.5 Å². The number of aliphatic hydroxyl groups is 1. The number of alkyl halides is 1. The molecule has 1 amide bonds. The van der Waals surface area contributed by atoms with Gasteiger partial charge in [-0.15, -0.1) is 0 Å². The molecule has 0 spiro atoms. The van der Waals surface area contributed by atoms with Gasteiger partial charge in [0, 0.05) is 43.3 Å². The van der Waals surface area contributed by atoms with Crippen LogP contribution in [0.5, 0.6) is 5.75 Å². The SMILES string of the molecule is CCn1c(-c2cc3cccnc3n2CC2CC2)nc2cc(C(=O)N3CCC(F)C(O)C3)cc(OC)c21. The van der Waals surface area contributed by atoms with Gasteiger partial charge in [-0.3, -0.25) is 4.79 Å². The number of β-amino-alcohol motifs (C(OH)–C–C–N with tert-alkyl or cyclic N) is 1. The molecule has 8 nitrogen and oxygen atoms in total. The Bertz CT molecular complexity index is 1460. The number of nitrogens with zero attached hydrogens (tertiary/aromatic N) is 5. The van der Waals surface area contributed by atoms with Gasteiger partial charge in [0.1, 0.15) is 29.2 Å². The van der Waals surface area contributed by atoms with Gasteiger partial charge in [0.2, 0.25) is 0 Å². The number of carbonyl (C=O) groups is 1. The maximum atomic E-state index is 13.8. The van der Waals surface area contributed by atoms with Crippen LogP contribution in [0.25, 0.3) is 33.6 Å². The summed E-state index contributed by atoms with van der Waals surface area (Å²) in [5, 5.41) is 11.0. The lowest BCUT2D eigenvalue weighted by atomic mass is 10.0. The standard InChI is InChI=1S/C27H30FN5O3/c1-3-32-24-20(11-18(13-23(24)36-2)27(35)31-10-8-19(28)22(34)15-31)30-26(32)21-12-17-5-4-9-29-25(17)33(21)14-16-6-7-16/h4-5,9,11-13,16,19,22,34H,3,6-8,10,14-15H2,1-2H3. The van der Waals surface area contributed by atoms with Crippen LogP contribution in [-0.4, -0.2) is 67.5 Å². The molecule has 1 aliphatic carbocycles. The summed E-state index contributed by atoms with van der Waals surface area (Å²) in [6, 6.07) is 9.65. The highest BCUT2D eigenvalue weighted by atomic mass is 19.1. The van der Waals surface area contributed by atoms with Gasteiger partial charge in [0.05, 0.1) is 18.3 Å². The minimum atomic E-state index is -1.30. The van der Waals surface area contributed by atoms with Crippen LogP contribution in [0.4, 0.5) is 4.39 Å². The van der Waals surface area contributed by atoms with Gasteiger partial charge < -0.3 is 23.9 Å². The van der Waals surface area contributed by atoms with Gasteiger partial charge in [-0.05, 0) is 62.4 Å². The fourth-order valence-corrected chi connectivity index (χ4v) is 5.30. The number of halogens is 1. The molecule has 2 atom stereocenters. The topological polar surface area (TPSA) is 85.4 Å². The summed E-state index contributed by atoms with van der Waals surface area (Å²) >= 11 is 0. The molecule has 2 unspecified atom stereocenters. The number of fused-ring (bicyclic) bond motifs is 2. The quantitative estimate of drug-likeness (QED) is 0.440. The van der Waals surface area contributed by atoms with Gasteiger partial charge >= 0.3 is 0 Å². The van der Waals surface area contributed by atoms with E-state index < -0.39 is 12.3 Å². The highest BCUT2D eigenvalue weighted by Crippen LogP contribution is 2.38. The van der Waals surface area contributed by atoms with Crippen molar-refractivity contribution >= 4 is 28.0 Å². The van der Waals surface area contributed by atoms with Crippen molar-refractivity contribution in [3.05, 3.63) is 42.1 Å². The van der Waals surface area contributed by atoms with Crippen LogP contribution in [0.15, 0.2) is 36.5 Å². The smallest absolute Gasteiger partial charge is 0.254 e. The molecule has 2 fully saturated rings. The van der Waals surface area contributed by atoms with Crippen molar-refractivity contribution in [1.82, 2.24) is 24.0 Å². The molecule has 4 aromatic rings. The van der Waals surface area contributed by atoms with Crippen molar-refractivity contribution in [1.29, 1.82) is 0 Å². The number of rotatable bonds is 6. The Kier molecular flexibility index (Phi) is 5.67. The number of ether oxygens (including phenoxy) is 1. The molecule has 1 aromatic carbocycles. The van der Waals surface area contributed by atoms with E-state index in [1.807, 2.05) is 12.3 Å². The van der Waals surface area contributed by atoms with Crippen LogP contribution in [0, 0.1) is 5.92 Å². The Morgan fingerprint density at radius 2 is 2.06 bits per heavy atom. The van der Waals surface area contributed by atoms with E-state index in [-0.39, 0.29) is 25.4 Å². The molecular formula is C27H30FN5O3. The number of aryl methyl sites for hydroxylation is 1. The molecule has 4 heterocycles. The van der Waals surface area contributed by atoms with Crippen LogP contribution in [0.3, 0.4) is 0 Å². The first-order chi connectivity index (χ1) is 17.5. The number of pyridine rings is 1. The fourth-order valence-electron chi connectivity index (χ4n) is 5.30. The molecule has 36 heavy (non-hydrogen) atoms. The highest BCUT2D eigenvalue weighted by Gasteiger charge is 2.32. The zero-order chi connectivity index (χ0) is 25.0. The molecule has 0 radical (unpaired) electrons. The third-order valence-corrected chi connectivity index (χ3v) is 7.40. The van der Waals surface area contributed by atoms with Gasteiger partial charge in [-0.25, -0.2) is 14.4 Å². The Morgan fingerprint density at radius 3 is 2.78 bits per heavy atom. The number of benzene rings is 1. The summed E-state index contributed by atoms with van der Waals surface area (Å²) in [7, 11) is 1.59. The number of carbonyl (C=O) groups excluding carboxylic acids is 1. The Labute approximate surface area is 208 Å². The summed E-state index contributed by atoms with van der Waals surface area (Å²) in [5.74, 6) is 1.76. The van der Waals surface area contributed by atoms with Gasteiger partial charge in [0.25, 0.3) is 5.91 Å². The summed E-state index contributed by atoms with van der Waals surface area (Å²) < 4.78 is 23.9. The van der Waals surface area contributed by atoms with E-state index in [0.29, 0.717) is 29.3 Å². The van der Waals surface area contributed by atoms with E-state index in [0.717, 1.165) is 34.6 Å². The lowest BCUT2D eigenvalue weighted by Gasteiger charge is -2.32. The number of hydrogen-bond acceptors (Lipinski definition) is 5. The summed E-state index contributed by atoms with van der Waals surface area (Å²) in [6.07, 6.45) is 1.93. The van der Waals surface area contributed by atoms with E-state index >= 15 is 0 Å². The third kappa shape index (κ3) is 3.82. The number of amides is 1. The second-order valence-electron chi connectivity index (χ2n) is 9.85. The van der Waals surface area contributed by atoms with E-state index in [2.05, 4.69) is 33.2 Å². The van der Waals surface area contributed by atoms with Crippen LogP contribution in [-0.2, 0) is 13.1 Å². The largest absolute Gasteiger partial charge is 0.494 e. The summed E-state index contributed by atoms with van der Waals surface area (Å²) in [6.45, 7) is 3.88. The average molecular weight is 492 g/mol. The fraction of sp³-hybridized carbons (Fsp3) is 0.444. The number of likely N-dealkylation sites (tertiary alicyclic amines) is 1. The Balaban J connectivity index is 1.48. The number of piperidine rings is 1. The van der Waals surface area contributed by atoms with Gasteiger partial charge in [0.15, 0.2) is 5.82 Å². The number of methoxy groups -OCH3 is 1. The first-order valence-electron chi connectivity index (χ1n) is 12.6. The normalized spacial score (nSPS) is 20.4. The van der Waals surface area contributed by atoms with Crippen LogP contribution in [0.2, 0.25) is 0 Å². The van der Waals surface area contributed by atoms with E-state index in [1.165, 1.54) is 17.7 Å². The minimum Gasteiger partial charge on any atom is -0.494 e.